The van der Waals surface area contributed by atoms with Crippen molar-refractivity contribution in [1.82, 2.24) is 9.80 Å². The molecule has 2 aromatic rings. The van der Waals surface area contributed by atoms with Crippen LogP contribution < -0.4 is 14.2 Å². The summed E-state index contributed by atoms with van der Waals surface area (Å²) >= 11 is 0. The van der Waals surface area contributed by atoms with Crippen LogP contribution in [0.15, 0.2) is 48.0 Å². The number of amides is 1. The number of carbonyl (C=O) groups excluding carboxylic acids is 2. The highest BCUT2D eigenvalue weighted by atomic mass is 16.5. The van der Waals surface area contributed by atoms with Crippen molar-refractivity contribution in [3.63, 3.8) is 0 Å². The Bertz CT molecular complexity index is 1160. The van der Waals surface area contributed by atoms with Crippen molar-refractivity contribution in [3.05, 3.63) is 59.2 Å². The third-order valence-electron chi connectivity index (χ3n) is 6.85. The van der Waals surface area contributed by atoms with E-state index in [2.05, 4.69) is 4.90 Å². The van der Waals surface area contributed by atoms with E-state index in [9.17, 15) is 14.7 Å². The van der Waals surface area contributed by atoms with Gasteiger partial charge in [-0.05, 0) is 54.8 Å². The van der Waals surface area contributed by atoms with E-state index in [0.29, 0.717) is 61.2 Å². The van der Waals surface area contributed by atoms with E-state index in [1.54, 1.807) is 55.5 Å². The Morgan fingerprint density at radius 3 is 2.39 bits per heavy atom. The fourth-order valence-electron chi connectivity index (χ4n) is 4.84. The monoisotopic (exact) mass is 524 g/mol. The highest BCUT2D eigenvalue weighted by Gasteiger charge is 2.46. The number of aliphatic hydroxyl groups excluding tert-OH is 1. The summed E-state index contributed by atoms with van der Waals surface area (Å²) in [6.45, 7) is 6.77. The lowest BCUT2D eigenvalue weighted by Gasteiger charge is -2.29. The lowest BCUT2D eigenvalue weighted by molar-refractivity contribution is -0.140. The van der Waals surface area contributed by atoms with Crippen molar-refractivity contribution in [3.8, 4) is 17.2 Å². The third-order valence-corrected chi connectivity index (χ3v) is 6.85. The minimum Gasteiger partial charge on any atom is -0.507 e. The van der Waals surface area contributed by atoms with Gasteiger partial charge < -0.3 is 29.0 Å². The molecule has 1 atom stereocenters. The van der Waals surface area contributed by atoms with Gasteiger partial charge in [-0.25, -0.2) is 0 Å². The molecule has 9 heteroatoms. The van der Waals surface area contributed by atoms with E-state index >= 15 is 0 Å². The highest BCUT2D eigenvalue weighted by Crippen LogP contribution is 2.42. The van der Waals surface area contributed by atoms with Crippen LogP contribution in [0.25, 0.3) is 5.76 Å². The van der Waals surface area contributed by atoms with Crippen LogP contribution in [0.1, 0.15) is 36.9 Å². The Labute approximate surface area is 223 Å². The van der Waals surface area contributed by atoms with Crippen LogP contribution in [0.4, 0.5) is 0 Å². The summed E-state index contributed by atoms with van der Waals surface area (Å²) in [4.78, 5) is 30.5. The molecule has 0 saturated carbocycles. The van der Waals surface area contributed by atoms with Crippen LogP contribution >= 0.6 is 0 Å². The zero-order valence-corrected chi connectivity index (χ0v) is 22.3. The van der Waals surface area contributed by atoms with E-state index in [-0.39, 0.29) is 11.3 Å². The molecule has 1 amide bonds. The third kappa shape index (κ3) is 5.95. The van der Waals surface area contributed by atoms with Crippen LogP contribution in [0.3, 0.4) is 0 Å². The van der Waals surface area contributed by atoms with E-state index in [1.807, 2.05) is 13.0 Å². The number of rotatable bonds is 11. The summed E-state index contributed by atoms with van der Waals surface area (Å²) in [6.07, 6.45) is 1.52. The van der Waals surface area contributed by atoms with Gasteiger partial charge in [-0.1, -0.05) is 13.0 Å². The van der Waals surface area contributed by atoms with Gasteiger partial charge in [0, 0.05) is 31.7 Å². The summed E-state index contributed by atoms with van der Waals surface area (Å²) in [5.41, 5.74) is 1.14. The molecule has 38 heavy (non-hydrogen) atoms. The lowest BCUT2D eigenvalue weighted by Crippen LogP contribution is -2.39. The molecule has 1 N–H and O–H groups in total. The summed E-state index contributed by atoms with van der Waals surface area (Å²) in [5, 5.41) is 11.3. The summed E-state index contributed by atoms with van der Waals surface area (Å²) < 4.78 is 22.0. The van der Waals surface area contributed by atoms with Crippen LogP contribution in [-0.4, -0.2) is 86.8 Å². The summed E-state index contributed by atoms with van der Waals surface area (Å²) in [5.74, 6) is 0.139. The number of morpholine rings is 1. The number of ketones is 1. The van der Waals surface area contributed by atoms with Gasteiger partial charge in [0.2, 0.25) is 0 Å². The standard InChI is InChI=1S/C29H36N2O7/c1-4-16-38-23-11-8-21(19-24(23)36-3)26-25(27(32)20-6-9-22(35-2)10-7-20)28(33)29(34)31(26)13-5-12-30-14-17-37-18-15-30/h6-11,19,26,32H,4-5,12-18H2,1-3H3/b27-25+/t26-/m1/s1. The second-order valence-corrected chi connectivity index (χ2v) is 9.29. The fourth-order valence-corrected chi connectivity index (χ4v) is 4.84. The van der Waals surface area contributed by atoms with Crippen molar-refractivity contribution >= 4 is 17.4 Å². The first-order valence-corrected chi connectivity index (χ1v) is 13.0. The number of ether oxygens (including phenoxy) is 4. The molecule has 2 aromatic carbocycles. The number of hydrogen-bond donors (Lipinski definition) is 1. The first-order valence-electron chi connectivity index (χ1n) is 13.0. The van der Waals surface area contributed by atoms with Gasteiger partial charge in [0.1, 0.15) is 11.5 Å². The van der Waals surface area contributed by atoms with Gasteiger partial charge in [-0.2, -0.15) is 0 Å². The molecule has 0 aliphatic carbocycles. The zero-order chi connectivity index (χ0) is 27.1. The lowest BCUT2D eigenvalue weighted by atomic mass is 9.95. The first kappa shape index (κ1) is 27.5. The first-order chi connectivity index (χ1) is 18.5. The maximum Gasteiger partial charge on any atom is 0.295 e. The average molecular weight is 525 g/mol. The van der Waals surface area contributed by atoms with Crippen molar-refractivity contribution in [2.75, 3.05) is 60.2 Å². The maximum atomic E-state index is 13.3. The minimum atomic E-state index is -0.768. The van der Waals surface area contributed by atoms with Gasteiger partial charge in [0.25, 0.3) is 11.7 Å². The fraction of sp³-hybridized carbons (Fsp3) is 0.448. The van der Waals surface area contributed by atoms with E-state index in [0.717, 1.165) is 26.1 Å². The molecule has 204 valence electrons. The number of likely N-dealkylation sites (tertiary alicyclic amines) is 1. The maximum absolute atomic E-state index is 13.3. The van der Waals surface area contributed by atoms with Crippen LogP contribution in [0.5, 0.6) is 17.2 Å². The number of methoxy groups -OCH3 is 2. The number of carbonyl (C=O) groups is 2. The molecular formula is C29H36N2O7. The smallest absolute Gasteiger partial charge is 0.295 e. The largest absolute Gasteiger partial charge is 0.507 e. The second-order valence-electron chi connectivity index (χ2n) is 9.29. The normalized spacial score (nSPS) is 19.6. The summed E-state index contributed by atoms with van der Waals surface area (Å²) in [6, 6.07) is 11.3. The number of aliphatic hydroxyl groups is 1. The molecule has 0 aromatic heterocycles. The predicted octanol–water partition coefficient (Wildman–Crippen LogP) is 3.64. The second kappa shape index (κ2) is 12.8. The van der Waals surface area contributed by atoms with Crippen molar-refractivity contribution < 1.29 is 33.6 Å². The molecule has 9 nitrogen and oxygen atoms in total. The Hall–Kier alpha value is -3.56. The van der Waals surface area contributed by atoms with E-state index in [4.69, 9.17) is 18.9 Å². The van der Waals surface area contributed by atoms with Crippen LogP contribution in [0, 0.1) is 0 Å². The Balaban J connectivity index is 1.71. The van der Waals surface area contributed by atoms with Gasteiger partial charge in [-0.15, -0.1) is 0 Å². The molecule has 2 aliphatic heterocycles. The molecule has 0 spiro atoms. The molecule has 2 saturated heterocycles. The quantitative estimate of drug-likeness (QED) is 0.270. The molecule has 2 aliphatic rings. The SMILES string of the molecule is CCCOc1ccc([C@@H]2/C(=C(\O)c3ccc(OC)cc3)C(=O)C(=O)N2CCCN2CCOCC2)cc1OC. The number of benzene rings is 2. The van der Waals surface area contributed by atoms with Gasteiger partial charge in [-0.3, -0.25) is 14.5 Å². The highest BCUT2D eigenvalue weighted by molar-refractivity contribution is 6.46. The van der Waals surface area contributed by atoms with Crippen molar-refractivity contribution in [2.24, 2.45) is 0 Å². The molecule has 0 radical (unpaired) electrons. The molecule has 2 heterocycles. The van der Waals surface area contributed by atoms with Gasteiger partial charge in [0.05, 0.1) is 45.7 Å². The predicted molar refractivity (Wildman–Crippen MR) is 143 cm³/mol. The van der Waals surface area contributed by atoms with Crippen molar-refractivity contribution in [1.29, 1.82) is 0 Å². The Kier molecular flexibility index (Phi) is 9.25. The molecular weight excluding hydrogens is 488 g/mol. The zero-order valence-electron chi connectivity index (χ0n) is 22.3. The van der Waals surface area contributed by atoms with Crippen LogP contribution in [0.2, 0.25) is 0 Å². The van der Waals surface area contributed by atoms with Gasteiger partial charge in [0.15, 0.2) is 11.5 Å². The van der Waals surface area contributed by atoms with Crippen LogP contribution in [-0.2, 0) is 14.3 Å². The molecule has 2 fully saturated rings. The number of nitrogens with zero attached hydrogens (tertiary/aromatic N) is 2. The number of Topliss-reactive ketones (excluding diaryl/α,β-unsaturated/α-hetero) is 1. The summed E-state index contributed by atoms with van der Waals surface area (Å²) in [7, 11) is 3.10. The van der Waals surface area contributed by atoms with E-state index < -0.39 is 17.7 Å². The number of hydrogen-bond acceptors (Lipinski definition) is 8. The molecule has 0 bridgehead atoms. The average Bonchev–Trinajstić information content (AvgIpc) is 3.21. The molecule has 0 unspecified atom stereocenters. The Morgan fingerprint density at radius 1 is 1.00 bits per heavy atom. The van der Waals surface area contributed by atoms with Gasteiger partial charge >= 0.3 is 0 Å². The topological polar surface area (TPSA) is 97.8 Å². The van der Waals surface area contributed by atoms with E-state index in [1.165, 1.54) is 0 Å². The molecule has 4 rings (SSSR count). The Morgan fingerprint density at radius 2 is 1.74 bits per heavy atom. The van der Waals surface area contributed by atoms with Crippen molar-refractivity contribution in [2.45, 2.75) is 25.8 Å². The minimum absolute atomic E-state index is 0.0517.